The molecule has 1 aliphatic carbocycles. The number of epoxide rings is 1. The molecule has 0 aromatic heterocycles. The minimum atomic E-state index is -2.52. The highest BCUT2D eigenvalue weighted by molar-refractivity contribution is 6.62. The molecule has 0 aromatic carbocycles. The van der Waals surface area contributed by atoms with Gasteiger partial charge in [0, 0.05) is 20.8 Å². The number of ether oxygens (including phenoxy) is 1. The average Bonchev–Trinajstić information content (AvgIpc) is 3.17. The summed E-state index contributed by atoms with van der Waals surface area (Å²) in [7, 11) is 0.814. The van der Waals surface area contributed by atoms with Crippen LogP contribution in [-0.4, -0.2) is 42.0 Å². The molecular formula is C11H22O4Si. The van der Waals surface area contributed by atoms with Crippen molar-refractivity contribution in [3.63, 3.8) is 0 Å². The van der Waals surface area contributed by atoms with Gasteiger partial charge in [-0.25, -0.2) is 0 Å². The normalized spacial score (nSPS) is 27.0. The maximum atomic E-state index is 5.96. The number of hydrogen-bond acceptors (Lipinski definition) is 4. The highest BCUT2D eigenvalue weighted by atomic mass is 28.4. The van der Waals surface area contributed by atoms with Gasteiger partial charge in [-0.1, -0.05) is 19.3 Å². The second-order valence-corrected chi connectivity index (χ2v) is 7.61. The van der Waals surface area contributed by atoms with Gasteiger partial charge in [-0.3, -0.25) is 0 Å². The van der Waals surface area contributed by atoms with E-state index in [1.165, 1.54) is 32.1 Å². The Labute approximate surface area is 98.6 Å². The van der Waals surface area contributed by atoms with Crippen LogP contribution in [0.2, 0.25) is 0 Å². The van der Waals surface area contributed by atoms with E-state index >= 15 is 0 Å². The maximum Gasteiger partial charge on any atom is 0.533 e. The Kier molecular flexibility index (Phi) is 4.38. The first-order valence-corrected chi connectivity index (χ1v) is 7.97. The topological polar surface area (TPSA) is 40.2 Å². The molecule has 0 spiro atoms. The van der Waals surface area contributed by atoms with Crippen molar-refractivity contribution in [1.29, 1.82) is 0 Å². The summed E-state index contributed by atoms with van der Waals surface area (Å²) in [5, 5.41) is 0. The zero-order chi connectivity index (χ0) is 11.4. The van der Waals surface area contributed by atoms with Gasteiger partial charge < -0.3 is 18.0 Å². The van der Waals surface area contributed by atoms with Crippen molar-refractivity contribution < 1.29 is 18.0 Å². The molecule has 4 nitrogen and oxygen atoms in total. The molecule has 1 saturated heterocycles. The van der Waals surface area contributed by atoms with Gasteiger partial charge in [0.05, 0.1) is 6.61 Å². The van der Waals surface area contributed by atoms with Crippen molar-refractivity contribution in [3.05, 3.63) is 0 Å². The molecule has 0 radical (unpaired) electrons. The van der Waals surface area contributed by atoms with Crippen LogP contribution in [-0.2, 0) is 18.0 Å². The third kappa shape index (κ3) is 2.84. The lowest BCUT2D eigenvalue weighted by Crippen LogP contribution is -2.51. The van der Waals surface area contributed by atoms with Gasteiger partial charge in [0.15, 0.2) is 5.73 Å². The molecule has 0 aromatic rings. The van der Waals surface area contributed by atoms with E-state index in [0.717, 1.165) is 13.2 Å². The summed E-state index contributed by atoms with van der Waals surface area (Å²) in [5.74, 6) is 0.685. The quantitative estimate of drug-likeness (QED) is 0.529. The Hall–Kier alpha value is 0.0569. The third-order valence-corrected chi connectivity index (χ3v) is 6.37. The van der Waals surface area contributed by atoms with Crippen LogP contribution in [0.4, 0.5) is 0 Å². The summed E-state index contributed by atoms with van der Waals surface area (Å²) in [5.41, 5.74) is 0.0751. The molecular weight excluding hydrogens is 224 g/mol. The lowest BCUT2D eigenvalue weighted by atomic mass is 9.90. The van der Waals surface area contributed by atoms with E-state index in [1.807, 2.05) is 0 Å². The minimum absolute atomic E-state index is 0.0751. The summed E-state index contributed by atoms with van der Waals surface area (Å²) in [6, 6.07) is 0. The second-order valence-electron chi connectivity index (χ2n) is 4.65. The van der Waals surface area contributed by atoms with Gasteiger partial charge in [0.2, 0.25) is 0 Å². The molecule has 1 unspecified atom stereocenters. The number of rotatable bonds is 6. The maximum absolute atomic E-state index is 5.96. The molecule has 0 N–H and O–H groups in total. The lowest BCUT2D eigenvalue weighted by molar-refractivity contribution is 0.0649. The fourth-order valence-electron chi connectivity index (χ4n) is 2.40. The molecule has 0 amide bonds. The van der Waals surface area contributed by atoms with Crippen molar-refractivity contribution >= 4 is 8.80 Å². The van der Waals surface area contributed by atoms with Crippen LogP contribution in [0.3, 0.4) is 0 Å². The third-order valence-electron chi connectivity index (χ3n) is 3.54. The Morgan fingerprint density at radius 2 is 1.75 bits per heavy atom. The van der Waals surface area contributed by atoms with E-state index in [4.69, 9.17) is 18.0 Å². The van der Waals surface area contributed by atoms with Crippen LogP contribution in [0.25, 0.3) is 0 Å². The van der Waals surface area contributed by atoms with Crippen molar-refractivity contribution in [2.45, 2.75) is 37.8 Å². The standard InChI is InChI=1S/C11H22O4Si/c1-12-16(13-2,11-9-14-11)15-8-10-6-4-3-5-7-10/h10-11H,3-9H2,1-2H3. The molecule has 5 heteroatoms. The Morgan fingerprint density at radius 3 is 2.25 bits per heavy atom. The Balaban J connectivity index is 1.80. The largest absolute Gasteiger partial charge is 0.533 e. The predicted octanol–water partition coefficient (Wildman–Crippen LogP) is 1.75. The van der Waals surface area contributed by atoms with E-state index < -0.39 is 8.80 Å². The van der Waals surface area contributed by atoms with Crippen molar-refractivity contribution in [3.8, 4) is 0 Å². The molecule has 16 heavy (non-hydrogen) atoms. The van der Waals surface area contributed by atoms with Crippen LogP contribution in [0.5, 0.6) is 0 Å². The first kappa shape index (κ1) is 12.5. The van der Waals surface area contributed by atoms with E-state index in [0.29, 0.717) is 5.92 Å². The molecule has 1 saturated carbocycles. The Morgan fingerprint density at radius 1 is 1.12 bits per heavy atom. The van der Waals surface area contributed by atoms with Crippen LogP contribution in [0.15, 0.2) is 0 Å². The zero-order valence-corrected chi connectivity index (χ0v) is 11.2. The molecule has 2 aliphatic rings. The van der Waals surface area contributed by atoms with Gasteiger partial charge in [-0.05, 0) is 18.8 Å². The van der Waals surface area contributed by atoms with Crippen molar-refractivity contribution in [2.75, 3.05) is 27.4 Å². The first-order valence-electron chi connectivity index (χ1n) is 6.16. The molecule has 2 fully saturated rings. The summed E-state index contributed by atoms with van der Waals surface area (Å²) < 4.78 is 22.2. The smallest absolute Gasteiger partial charge is 0.375 e. The molecule has 2 rings (SSSR count). The summed E-state index contributed by atoms with van der Waals surface area (Å²) in [6.45, 7) is 1.49. The van der Waals surface area contributed by atoms with Gasteiger partial charge in [-0.2, -0.15) is 0 Å². The SMILES string of the molecule is CO[Si](OC)(OCC1CCCCC1)C1CO1. The van der Waals surface area contributed by atoms with Crippen molar-refractivity contribution in [2.24, 2.45) is 5.92 Å². The summed E-state index contributed by atoms with van der Waals surface area (Å²) >= 11 is 0. The summed E-state index contributed by atoms with van der Waals surface area (Å²) in [4.78, 5) is 0. The lowest BCUT2D eigenvalue weighted by Gasteiger charge is -2.28. The van der Waals surface area contributed by atoms with E-state index in [-0.39, 0.29) is 5.73 Å². The van der Waals surface area contributed by atoms with E-state index in [9.17, 15) is 0 Å². The van der Waals surface area contributed by atoms with Crippen LogP contribution in [0, 0.1) is 5.92 Å². The van der Waals surface area contributed by atoms with Crippen molar-refractivity contribution in [1.82, 2.24) is 0 Å². The van der Waals surface area contributed by atoms with E-state index in [2.05, 4.69) is 0 Å². The highest BCUT2D eigenvalue weighted by Crippen LogP contribution is 2.29. The second kappa shape index (κ2) is 5.60. The molecule has 1 atom stereocenters. The van der Waals surface area contributed by atoms with Crippen LogP contribution in [0.1, 0.15) is 32.1 Å². The van der Waals surface area contributed by atoms with Gasteiger partial charge in [0.1, 0.15) is 0 Å². The van der Waals surface area contributed by atoms with Crippen LogP contribution < -0.4 is 0 Å². The first-order chi connectivity index (χ1) is 7.80. The van der Waals surface area contributed by atoms with Crippen LogP contribution >= 0.6 is 0 Å². The number of hydrogen-bond donors (Lipinski definition) is 0. The average molecular weight is 246 g/mol. The van der Waals surface area contributed by atoms with Gasteiger partial charge in [0.25, 0.3) is 0 Å². The molecule has 0 bridgehead atoms. The van der Waals surface area contributed by atoms with E-state index in [1.54, 1.807) is 14.2 Å². The van der Waals surface area contributed by atoms with Gasteiger partial charge >= 0.3 is 8.80 Å². The Bertz CT molecular complexity index is 210. The fraction of sp³-hybridized carbons (Fsp3) is 1.00. The highest BCUT2D eigenvalue weighted by Gasteiger charge is 2.56. The fourth-order valence-corrected chi connectivity index (χ4v) is 4.48. The predicted molar refractivity (Wildman–Crippen MR) is 62.0 cm³/mol. The summed E-state index contributed by atoms with van der Waals surface area (Å²) in [6.07, 6.45) is 6.61. The molecule has 1 aliphatic heterocycles. The molecule has 94 valence electrons. The molecule has 1 heterocycles. The van der Waals surface area contributed by atoms with Gasteiger partial charge in [-0.15, -0.1) is 0 Å². The minimum Gasteiger partial charge on any atom is -0.375 e. The monoisotopic (exact) mass is 246 g/mol. The zero-order valence-electron chi connectivity index (χ0n) is 10.2.